The summed E-state index contributed by atoms with van der Waals surface area (Å²) in [5.41, 5.74) is 3.97. The van der Waals surface area contributed by atoms with Gasteiger partial charge in [-0.05, 0) is 62.4 Å². The number of rotatable bonds is 5. The normalized spacial score (nSPS) is 14.6. The molecule has 0 atom stereocenters. The van der Waals surface area contributed by atoms with Crippen LogP contribution in [-0.4, -0.2) is 11.8 Å². The highest BCUT2D eigenvalue weighted by atomic mass is 35.5. The van der Waals surface area contributed by atoms with Gasteiger partial charge in [-0.15, -0.1) is 0 Å². The van der Waals surface area contributed by atoms with Gasteiger partial charge in [0.05, 0.1) is 0 Å². The van der Waals surface area contributed by atoms with Gasteiger partial charge in [-0.2, -0.15) is 0 Å². The van der Waals surface area contributed by atoms with Crippen LogP contribution in [0.5, 0.6) is 0 Å². The van der Waals surface area contributed by atoms with Crippen LogP contribution in [0.25, 0.3) is 0 Å². The van der Waals surface area contributed by atoms with Crippen LogP contribution in [0.15, 0.2) is 36.4 Å². The van der Waals surface area contributed by atoms with Gasteiger partial charge in [-0.25, -0.2) is 0 Å². The van der Waals surface area contributed by atoms with E-state index in [0.717, 1.165) is 27.9 Å². The van der Waals surface area contributed by atoms with Crippen molar-refractivity contribution in [1.29, 1.82) is 0 Å². The third kappa shape index (κ3) is 3.75. The Morgan fingerprint density at radius 3 is 2.12 bits per heavy atom. The van der Waals surface area contributed by atoms with Crippen LogP contribution in [0, 0.1) is 26.2 Å². The summed E-state index contributed by atoms with van der Waals surface area (Å²) < 4.78 is 0. The molecule has 3 rings (SSSR count). The Morgan fingerprint density at radius 1 is 1.00 bits per heavy atom. The van der Waals surface area contributed by atoms with E-state index in [-0.39, 0.29) is 11.8 Å². The molecule has 26 heavy (non-hydrogen) atoms. The number of amides is 2. The molecule has 1 fully saturated rings. The van der Waals surface area contributed by atoms with Gasteiger partial charge in [0.15, 0.2) is 0 Å². The molecule has 0 radical (unpaired) electrons. The second-order valence-corrected chi connectivity index (χ2v) is 7.56. The standard InChI is InChI=1S/C21H23ClN2O2/c1-13-10-14(2)18(15(3)11-13)24-20(26)21(8-9-21)19(25)23-12-16-4-6-17(22)7-5-16/h4-7,10-11H,8-9,12H2,1-3H3,(H,23,25)(H,24,26). The smallest absolute Gasteiger partial charge is 0.240 e. The molecule has 0 aromatic heterocycles. The summed E-state index contributed by atoms with van der Waals surface area (Å²) in [4.78, 5) is 25.4. The Labute approximate surface area is 158 Å². The number of carbonyl (C=O) groups is 2. The first-order chi connectivity index (χ1) is 12.3. The molecular formula is C21H23ClN2O2. The van der Waals surface area contributed by atoms with Gasteiger partial charge in [0, 0.05) is 17.3 Å². The SMILES string of the molecule is Cc1cc(C)c(NC(=O)C2(C(=O)NCc3ccc(Cl)cc3)CC2)c(C)c1. The quantitative estimate of drug-likeness (QED) is 0.771. The lowest BCUT2D eigenvalue weighted by atomic mass is 10.0. The molecule has 0 bridgehead atoms. The van der Waals surface area contributed by atoms with Crippen LogP contribution in [0.4, 0.5) is 5.69 Å². The summed E-state index contributed by atoms with van der Waals surface area (Å²) >= 11 is 5.87. The van der Waals surface area contributed by atoms with Crippen molar-refractivity contribution < 1.29 is 9.59 Å². The van der Waals surface area contributed by atoms with Crippen LogP contribution in [0.2, 0.25) is 5.02 Å². The van der Waals surface area contributed by atoms with E-state index in [0.29, 0.717) is 24.4 Å². The Kier molecular flexibility index (Phi) is 5.05. The monoisotopic (exact) mass is 370 g/mol. The van der Waals surface area contributed by atoms with Gasteiger partial charge in [-0.1, -0.05) is 41.4 Å². The van der Waals surface area contributed by atoms with Crippen LogP contribution < -0.4 is 10.6 Å². The van der Waals surface area contributed by atoms with Crippen molar-refractivity contribution in [2.75, 3.05) is 5.32 Å². The highest BCUT2D eigenvalue weighted by Gasteiger charge is 2.56. The molecule has 5 heteroatoms. The summed E-state index contributed by atoms with van der Waals surface area (Å²) in [6.07, 6.45) is 1.16. The molecule has 0 saturated heterocycles. The average molecular weight is 371 g/mol. The Hall–Kier alpha value is -2.33. The molecule has 1 saturated carbocycles. The minimum atomic E-state index is -0.948. The maximum Gasteiger partial charge on any atom is 0.240 e. The number of hydrogen-bond acceptors (Lipinski definition) is 2. The first-order valence-corrected chi connectivity index (χ1v) is 9.12. The number of hydrogen-bond donors (Lipinski definition) is 2. The zero-order valence-corrected chi connectivity index (χ0v) is 16.0. The summed E-state index contributed by atoms with van der Waals surface area (Å²) in [7, 11) is 0. The molecule has 0 unspecified atom stereocenters. The Morgan fingerprint density at radius 2 is 1.58 bits per heavy atom. The molecule has 2 N–H and O–H groups in total. The first kappa shape index (κ1) is 18.5. The number of aryl methyl sites for hydroxylation is 3. The predicted molar refractivity (Wildman–Crippen MR) is 104 cm³/mol. The largest absolute Gasteiger partial charge is 0.351 e. The summed E-state index contributed by atoms with van der Waals surface area (Å²) in [6.45, 7) is 6.34. The van der Waals surface area contributed by atoms with E-state index in [1.807, 2.05) is 45.0 Å². The van der Waals surface area contributed by atoms with Gasteiger partial charge in [0.2, 0.25) is 11.8 Å². The van der Waals surface area contributed by atoms with Crippen molar-refractivity contribution in [3.05, 3.63) is 63.7 Å². The average Bonchev–Trinajstić information content (AvgIpc) is 3.39. The van der Waals surface area contributed by atoms with Gasteiger partial charge < -0.3 is 10.6 Å². The maximum absolute atomic E-state index is 12.8. The molecule has 0 spiro atoms. The third-order valence-electron chi connectivity index (χ3n) is 4.90. The Balaban J connectivity index is 1.67. The van der Waals surface area contributed by atoms with Crippen LogP contribution in [0.3, 0.4) is 0 Å². The lowest BCUT2D eigenvalue weighted by Gasteiger charge is -2.18. The van der Waals surface area contributed by atoms with E-state index in [2.05, 4.69) is 10.6 Å². The number of benzene rings is 2. The fourth-order valence-corrected chi connectivity index (χ4v) is 3.37. The topological polar surface area (TPSA) is 58.2 Å². The number of nitrogens with one attached hydrogen (secondary N) is 2. The highest BCUT2D eigenvalue weighted by molar-refractivity contribution is 6.30. The lowest BCUT2D eigenvalue weighted by molar-refractivity contribution is -0.134. The number of halogens is 1. The van der Waals surface area contributed by atoms with Gasteiger partial charge in [0.25, 0.3) is 0 Å². The summed E-state index contributed by atoms with van der Waals surface area (Å²) in [5, 5.41) is 6.52. The van der Waals surface area contributed by atoms with E-state index < -0.39 is 5.41 Å². The van der Waals surface area contributed by atoms with Crippen molar-refractivity contribution >= 4 is 29.1 Å². The third-order valence-corrected chi connectivity index (χ3v) is 5.15. The summed E-state index contributed by atoms with van der Waals surface area (Å²) in [5.74, 6) is -0.437. The van der Waals surface area contributed by atoms with E-state index in [1.165, 1.54) is 0 Å². The van der Waals surface area contributed by atoms with Crippen LogP contribution >= 0.6 is 11.6 Å². The van der Waals surface area contributed by atoms with Crippen LogP contribution in [-0.2, 0) is 16.1 Å². The molecule has 0 heterocycles. The predicted octanol–water partition coefficient (Wildman–Crippen LogP) is 4.30. The number of anilines is 1. The van der Waals surface area contributed by atoms with Crippen molar-refractivity contribution in [2.24, 2.45) is 5.41 Å². The highest BCUT2D eigenvalue weighted by Crippen LogP contribution is 2.47. The van der Waals surface area contributed by atoms with Crippen molar-refractivity contribution in [3.8, 4) is 0 Å². The van der Waals surface area contributed by atoms with Crippen LogP contribution in [0.1, 0.15) is 35.1 Å². The molecule has 2 aromatic rings. The van der Waals surface area contributed by atoms with E-state index >= 15 is 0 Å². The molecule has 2 aromatic carbocycles. The van der Waals surface area contributed by atoms with Crippen molar-refractivity contribution in [3.63, 3.8) is 0 Å². The first-order valence-electron chi connectivity index (χ1n) is 8.74. The Bertz CT molecular complexity index is 832. The molecule has 4 nitrogen and oxygen atoms in total. The van der Waals surface area contributed by atoms with Gasteiger partial charge in [-0.3, -0.25) is 9.59 Å². The molecule has 1 aliphatic carbocycles. The fourth-order valence-electron chi connectivity index (χ4n) is 3.25. The minimum Gasteiger partial charge on any atom is -0.351 e. The minimum absolute atomic E-state index is 0.215. The molecule has 0 aliphatic heterocycles. The van der Waals surface area contributed by atoms with Crippen molar-refractivity contribution in [1.82, 2.24) is 5.32 Å². The zero-order chi connectivity index (χ0) is 18.9. The van der Waals surface area contributed by atoms with Crippen molar-refractivity contribution in [2.45, 2.75) is 40.2 Å². The second-order valence-electron chi connectivity index (χ2n) is 7.12. The van der Waals surface area contributed by atoms with Gasteiger partial charge >= 0.3 is 0 Å². The molecule has 1 aliphatic rings. The zero-order valence-electron chi connectivity index (χ0n) is 15.3. The van der Waals surface area contributed by atoms with E-state index in [1.54, 1.807) is 12.1 Å². The molecule has 136 valence electrons. The van der Waals surface area contributed by atoms with Gasteiger partial charge in [0.1, 0.15) is 5.41 Å². The number of carbonyl (C=O) groups excluding carboxylic acids is 2. The fraction of sp³-hybridized carbons (Fsp3) is 0.333. The molecule has 2 amide bonds. The van der Waals surface area contributed by atoms with E-state index in [4.69, 9.17) is 11.6 Å². The molecular weight excluding hydrogens is 348 g/mol. The lowest BCUT2D eigenvalue weighted by Crippen LogP contribution is -2.39. The summed E-state index contributed by atoms with van der Waals surface area (Å²) in [6, 6.07) is 11.4. The van der Waals surface area contributed by atoms with E-state index in [9.17, 15) is 9.59 Å². The second kappa shape index (κ2) is 7.12. The maximum atomic E-state index is 12.8.